The summed E-state index contributed by atoms with van der Waals surface area (Å²) in [6, 6.07) is 9.16. The van der Waals surface area contributed by atoms with Gasteiger partial charge in [0.05, 0.1) is 0 Å². The molecule has 0 aromatic heterocycles. The Morgan fingerprint density at radius 3 is 2.67 bits per heavy atom. The van der Waals surface area contributed by atoms with Gasteiger partial charge in [-0.15, -0.1) is 0 Å². The third-order valence-corrected chi connectivity index (χ3v) is 3.20. The Morgan fingerprint density at radius 2 is 2.07 bits per heavy atom. The van der Waals surface area contributed by atoms with E-state index in [1.165, 1.54) is 17.5 Å². The summed E-state index contributed by atoms with van der Waals surface area (Å²) >= 11 is 1.90. The molecule has 0 saturated heterocycles. The summed E-state index contributed by atoms with van der Waals surface area (Å²) in [6.45, 7) is 5.50. The van der Waals surface area contributed by atoms with Gasteiger partial charge in [-0.1, -0.05) is 31.2 Å². The van der Waals surface area contributed by atoms with Gasteiger partial charge in [-0.25, -0.2) is 0 Å². The second-order valence-electron chi connectivity index (χ2n) is 3.82. The number of hydrogen-bond acceptors (Lipinski definition) is 2. The highest BCUT2D eigenvalue weighted by Crippen LogP contribution is 2.20. The van der Waals surface area contributed by atoms with E-state index in [0.29, 0.717) is 6.04 Å². The fourth-order valence-corrected chi connectivity index (χ4v) is 2.35. The van der Waals surface area contributed by atoms with E-state index in [2.05, 4.69) is 49.7 Å². The maximum atomic E-state index is 3.61. The van der Waals surface area contributed by atoms with E-state index in [9.17, 15) is 0 Å². The van der Waals surface area contributed by atoms with Crippen LogP contribution in [0.2, 0.25) is 0 Å². The average molecular weight is 223 g/mol. The molecule has 1 aromatic carbocycles. The first-order valence-corrected chi connectivity index (χ1v) is 6.96. The van der Waals surface area contributed by atoms with E-state index in [0.717, 1.165) is 12.3 Å². The summed E-state index contributed by atoms with van der Waals surface area (Å²) in [7, 11) is 0. The second kappa shape index (κ2) is 6.91. The fraction of sp³-hybridized carbons (Fsp3) is 0.538. The highest BCUT2D eigenvalue weighted by Gasteiger charge is 2.11. The molecule has 0 radical (unpaired) electrons. The fourth-order valence-electron chi connectivity index (χ4n) is 1.72. The predicted molar refractivity (Wildman–Crippen MR) is 70.6 cm³/mol. The first-order chi connectivity index (χ1) is 7.29. The Hall–Kier alpha value is -0.470. The maximum Gasteiger partial charge on any atom is 0.0414 e. The minimum atomic E-state index is 0.501. The number of thioether (sulfide) groups is 1. The first-order valence-electron chi connectivity index (χ1n) is 5.57. The third-order valence-electron chi connectivity index (χ3n) is 2.54. The Labute approximate surface area is 97.7 Å². The summed E-state index contributed by atoms with van der Waals surface area (Å²) < 4.78 is 0. The molecular weight excluding hydrogens is 202 g/mol. The van der Waals surface area contributed by atoms with Crippen molar-refractivity contribution in [3.8, 4) is 0 Å². The quantitative estimate of drug-likeness (QED) is 0.793. The van der Waals surface area contributed by atoms with Crippen LogP contribution < -0.4 is 5.32 Å². The Kier molecular flexibility index (Phi) is 5.81. The van der Waals surface area contributed by atoms with Crippen LogP contribution in [0.15, 0.2) is 24.3 Å². The van der Waals surface area contributed by atoms with Crippen molar-refractivity contribution >= 4 is 11.8 Å². The summed E-state index contributed by atoms with van der Waals surface area (Å²) in [5.74, 6) is 1.14. The predicted octanol–water partition coefficient (Wildman–Crippen LogP) is 3.40. The van der Waals surface area contributed by atoms with E-state index >= 15 is 0 Å². The summed E-state index contributed by atoms with van der Waals surface area (Å²) in [6.07, 6.45) is 3.36. The van der Waals surface area contributed by atoms with Gasteiger partial charge >= 0.3 is 0 Å². The van der Waals surface area contributed by atoms with Gasteiger partial charge in [0.15, 0.2) is 0 Å². The number of rotatable bonds is 6. The van der Waals surface area contributed by atoms with Crippen molar-refractivity contribution in [2.75, 3.05) is 18.6 Å². The molecule has 1 atom stereocenters. The largest absolute Gasteiger partial charge is 0.309 e. The van der Waals surface area contributed by atoms with Crippen LogP contribution in [0.3, 0.4) is 0 Å². The van der Waals surface area contributed by atoms with Gasteiger partial charge in [0.2, 0.25) is 0 Å². The van der Waals surface area contributed by atoms with Crippen molar-refractivity contribution in [1.82, 2.24) is 5.32 Å². The monoisotopic (exact) mass is 223 g/mol. The first kappa shape index (κ1) is 12.6. The van der Waals surface area contributed by atoms with Crippen LogP contribution in [-0.2, 0) is 0 Å². The molecule has 2 heteroatoms. The number of aryl methyl sites for hydroxylation is 1. The molecule has 1 N–H and O–H groups in total. The zero-order valence-corrected chi connectivity index (χ0v) is 10.7. The zero-order chi connectivity index (χ0) is 11.1. The minimum Gasteiger partial charge on any atom is -0.309 e. The lowest BCUT2D eigenvalue weighted by molar-refractivity contribution is 0.575. The van der Waals surface area contributed by atoms with E-state index in [-0.39, 0.29) is 0 Å². The van der Waals surface area contributed by atoms with Gasteiger partial charge in [-0.2, -0.15) is 11.8 Å². The second-order valence-corrected chi connectivity index (χ2v) is 4.73. The Balaban J connectivity index is 2.74. The molecule has 0 aliphatic heterocycles. The number of nitrogens with one attached hydrogen (secondary N) is 1. The van der Waals surface area contributed by atoms with Gasteiger partial charge in [0.25, 0.3) is 0 Å². The molecule has 0 spiro atoms. The van der Waals surface area contributed by atoms with Crippen LogP contribution in [0.1, 0.15) is 30.5 Å². The molecule has 1 unspecified atom stereocenters. The van der Waals surface area contributed by atoms with Crippen LogP contribution in [0.5, 0.6) is 0 Å². The molecule has 1 aromatic rings. The van der Waals surface area contributed by atoms with Crippen LogP contribution in [0.4, 0.5) is 0 Å². The summed E-state index contributed by atoms with van der Waals surface area (Å²) in [5.41, 5.74) is 2.83. The van der Waals surface area contributed by atoms with Crippen molar-refractivity contribution in [2.24, 2.45) is 0 Å². The lowest BCUT2D eigenvalue weighted by atomic mass is 10.0. The standard InChI is InChI=1S/C13H21NS/c1-4-9-14-13(10-15-3)12-8-6-5-7-11(12)2/h5-8,13-14H,4,9-10H2,1-3H3. The van der Waals surface area contributed by atoms with Crippen LogP contribution >= 0.6 is 11.8 Å². The molecule has 1 nitrogen and oxygen atoms in total. The van der Waals surface area contributed by atoms with Crippen molar-refractivity contribution in [1.29, 1.82) is 0 Å². The average Bonchev–Trinajstić information content (AvgIpc) is 2.25. The van der Waals surface area contributed by atoms with Gasteiger partial charge in [-0.3, -0.25) is 0 Å². The molecule has 0 aliphatic carbocycles. The highest BCUT2D eigenvalue weighted by molar-refractivity contribution is 7.98. The molecular formula is C13H21NS. The molecule has 0 fully saturated rings. The van der Waals surface area contributed by atoms with E-state index in [1.807, 2.05) is 11.8 Å². The van der Waals surface area contributed by atoms with Gasteiger partial charge in [0, 0.05) is 11.8 Å². The number of benzene rings is 1. The molecule has 1 rings (SSSR count). The van der Waals surface area contributed by atoms with E-state index < -0.39 is 0 Å². The van der Waals surface area contributed by atoms with Crippen LogP contribution in [0, 0.1) is 6.92 Å². The molecule has 0 saturated carbocycles. The lowest BCUT2D eigenvalue weighted by Crippen LogP contribution is -2.24. The number of hydrogen-bond donors (Lipinski definition) is 1. The Bertz CT molecular complexity index is 286. The molecule has 15 heavy (non-hydrogen) atoms. The van der Waals surface area contributed by atoms with Crippen molar-refractivity contribution < 1.29 is 0 Å². The smallest absolute Gasteiger partial charge is 0.0414 e. The van der Waals surface area contributed by atoms with Crippen molar-refractivity contribution in [2.45, 2.75) is 26.3 Å². The normalized spacial score (nSPS) is 12.7. The topological polar surface area (TPSA) is 12.0 Å². The molecule has 0 bridgehead atoms. The van der Waals surface area contributed by atoms with Gasteiger partial charge in [0.1, 0.15) is 0 Å². The molecule has 84 valence electrons. The highest BCUT2D eigenvalue weighted by atomic mass is 32.2. The van der Waals surface area contributed by atoms with Gasteiger partial charge < -0.3 is 5.32 Å². The van der Waals surface area contributed by atoms with Crippen LogP contribution in [-0.4, -0.2) is 18.6 Å². The molecule has 0 amide bonds. The SMILES string of the molecule is CCCNC(CSC)c1ccccc1C. The van der Waals surface area contributed by atoms with Gasteiger partial charge in [-0.05, 0) is 37.3 Å². The van der Waals surface area contributed by atoms with Crippen molar-refractivity contribution in [3.63, 3.8) is 0 Å². The minimum absolute atomic E-state index is 0.501. The lowest BCUT2D eigenvalue weighted by Gasteiger charge is -2.19. The van der Waals surface area contributed by atoms with Crippen molar-refractivity contribution in [3.05, 3.63) is 35.4 Å². The molecule has 0 heterocycles. The maximum absolute atomic E-state index is 3.61. The summed E-state index contributed by atoms with van der Waals surface area (Å²) in [5, 5.41) is 3.61. The van der Waals surface area contributed by atoms with E-state index in [1.54, 1.807) is 0 Å². The molecule has 0 aliphatic rings. The van der Waals surface area contributed by atoms with E-state index in [4.69, 9.17) is 0 Å². The zero-order valence-electron chi connectivity index (χ0n) is 9.92. The summed E-state index contributed by atoms with van der Waals surface area (Å²) in [4.78, 5) is 0. The van der Waals surface area contributed by atoms with Crippen LogP contribution in [0.25, 0.3) is 0 Å². The Morgan fingerprint density at radius 1 is 1.33 bits per heavy atom. The third kappa shape index (κ3) is 3.88.